The van der Waals surface area contributed by atoms with E-state index < -0.39 is 7.82 Å². The number of hydrogen-bond acceptors (Lipinski definition) is 3. The van der Waals surface area contributed by atoms with Gasteiger partial charge >= 0.3 is 7.82 Å². The molecule has 0 fully saturated rings. The number of aryl methyl sites for hydroxylation is 1. The van der Waals surface area contributed by atoms with E-state index in [0.717, 1.165) is 17.5 Å². The Hall–Kier alpha value is -0.900. The summed E-state index contributed by atoms with van der Waals surface area (Å²) in [6, 6.07) is 1.82. The van der Waals surface area contributed by atoms with Crippen LogP contribution in [0.4, 0.5) is 0 Å². The second-order valence-corrected chi connectivity index (χ2v) is 4.21. The van der Waals surface area contributed by atoms with Crippen molar-refractivity contribution in [2.45, 2.75) is 26.7 Å². The standard InChI is InChI=1S/C9H14NO4P/c1-3-7-5-6-10-9(8(7)4-2)14-15(11,12)13/h5-6H,3-4H2,1-2H3,(H2,11,12,13). The van der Waals surface area contributed by atoms with Gasteiger partial charge in [-0.2, -0.15) is 0 Å². The Morgan fingerprint density at radius 3 is 2.53 bits per heavy atom. The zero-order chi connectivity index (χ0) is 11.5. The van der Waals surface area contributed by atoms with Crippen LogP contribution in [-0.2, 0) is 17.4 Å². The maximum atomic E-state index is 10.7. The minimum absolute atomic E-state index is 0.0326. The fraction of sp³-hybridized carbons (Fsp3) is 0.444. The van der Waals surface area contributed by atoms with E-state index in [1.807, 2.05) is 19.9 Å². The van der Waals surface area contributed by atoms with E-state index in [-0.39, 0.29) is 5.88 Å². The molecule has 0 spiro atoms. The highest BCUT2D eigenvalue weighted by Crippen LogP contribution is 2.38. The zero-order valence-corrected chi connectivity index (χ0v) is 9.57. The molecule has 1 heterocycles. The molecule has 0 aromatic carbocycles. The van der Waals surface area contributed by atoms with Crippen molar-refractivity contribution in [2.24, 2.45) is 0 Å². The summed E-state index contributed by atoms with van der Waals surface area (Å²) >= 11 is 0. The van der Waals surface area contributed by atoms with Gasteiger partial charge in [-0.3, -0.25) is 9.79 Å². The van der Waals surface area contributed by atoms with Crippen molar-refractivity contribution in [3.63, 3.8) is 0 Å². The summed E-state index contributed by atoms with van der Waals surface area (Å²) in [6.45, 7) is 3.86. The van der Waals surface area contributed by atoms with Crippen LogP contribution in [0.3, 0.4) is 0 Å². The van der Waals surface area contributed by atoms with Crippen LogP contribution in [0.5, 0.6) is 5.88 Å². The summed E-state index contributed by atoms with van der Waals surface area (Å²) in [7, 11) is -4.52. The lowest BCUT2D eigenvalue weighted by atomic mass is 10.1. The Balaban J connectivity index is 3.12. The monoisotopic (exact) mass is 231 g/mol. The van der Waals surface area contributed by atoms with Gasteiger partial charge < -0.3 is 4.52 Å². The van der Waals surface area contributed by atoms with Gasteiger partial charge in [-0.25, -0.2) is 9.55 Å². The van der Waals surface area contributed by atoms with Gasteiger partial charge in [-0.05, 0) is 24.5 Å². The smallest absolute Gasteiger partial charge is 0.385 e. The molecule has 84 valence electrons. The molecular formula is C9H14NO4P. The van der Waals surface area contributed by atoms with Gasteiger partial charge in [0.25, 0.3) is 0 Å². The first-order valence-corrected chi connectivity index (χ1v) is 6.22. The Labute approximate surface area is 88.4 Å². The highest BCUT2D eigenvalue weighted by Gasteiger charge is 2.19. The molecule has 0 saturated heterocycles. The molecule has 0 aliphatic rings. The molecule has 0 aliphatic heterocycles. The normalized spacial score (nSPS) is 11.5. The van der Waals surface area contributed by atoms with E-state index in [0.29, 0.717) is 6.42 Å². The van der Waals surface area contributed by atoms with Gasteiger partial charge in [-0.1, -0.05) is 13.8 Å². The van der Waals surface area contributed by atoms with Crippen LogP contribution >= 0.6 is 7.82 Å². The molecule has 0 unspecified atom stereocenters. The Morgan fingerprint density at radius 2 is 2.07 bits per heavy atom. The van der Waals surface area contributed by atoms with Crippen LogP contribution < -0.4 is 4.52 Å². The topological polar surface area (TPSA) is 79.7 Å². The van der Waals surface area contributed by atoms with Crippen LogP contribution in [0.1, 0.15) is 25.0 Å². The lowest BCUT2D eigenvalue weighted by Crippen LogP contribution is -2.00. The summed E-state index contributed by atoms with van der Waals surface area (Å²) in [6.07, 6.45) is 2.90. The van der Waals surface area contributed by atoms with Gasteiger partial charge in [0.15, 0.2) is 0 Å². The summed E-state index contributed by atoms with van der Waals surface area (Å²) in [5, 5.41) is 0. The van der Waals surface area contributed by atoms with Crippen molar-refractivity contribution in [3.05, 3.63) is 23.4 Å². The number of rotatable bonds is 4. The Kier molecular flexibility index (Phi) is 3.85. The van der Waals surface area contributed by atoms with Gasteiger partial charge in [0.05, 0.1) is 0 Å². The predicted octanol–water partition coefficient (Wildman–Crippen LogP) is 1.68. The zero-order valence-electron chi connectivity index (χ0n) is 8.67. The molecule has 0 amide bonds. The van der Waals surface area contributed by atoms with E-state index in [4.69, 9.17) is 9.79 Å². The summed E-state index contributed by atoms with van der Waals surface area (Å²) < 4.78 is 15.2. The average molecular weight is 231 g/mol. The molecule has 1 rings (SSSR count). The first kappa shape index (κ1) is 12.2. The maximum Gasteiger partial charge on any atom is 0.526 e. The maximum absolute atomic E-state index is 10.7. The highest BCUT2D eigenvalue weighted by molar-refractivity contribution is 7.46. The van der Waals surface area contributed by atoms with E-state index >= 15 is 0 Å². The number of phosphoric ester groups is 1. The van der Waals surface area contributed by atoms with Crippen LogP contribution in [0.25, 0.3) is 0 Å². The molecule has 0 bridgehead atoms. The fourth-order valence-corrected chi connectivity index (χ4v) is 1.79. The third kappa shape index (κ3) is 3.30. The highest BCUT2D eigenvalue weighted by atomic mass is 31.2. The van der Waals surface area contributed by atoms with Crippen molar-refractivity contribution in [2.75, 3.05) is 0 Å². The van der Waals surface area contributed by atoms with Gasteiger partial charge in [0.2, 0.25) is 5.88 Å². The number of phosphoric acid groups is 1. The van der Waals surface area contributed by atoms with Crippen LogP contribution in [0, 0.1) is 0 Å². The van der Waals surface area contributed by atoms with E-state index in [2.05, 4.69) is 9.51 Å². The number of aromatic nitrogens is 1. The first-order valence-electron chi connectivity index (χ1n) is 4.69. The van der Waals surface area contributed by atoms with Gasteiger partial charge in [0.1, 0.15) is 0 Å². The van der Waals surface area contributed by atoms with E-state index in [9.17, 15) is 4.57 Å². The molecular weight excluding hydrogens is 217 g/mol. The molecule has 6 heteroatoms. The SMILES string of the molecule is CCc1ccnc(OP(=O)(O)O)c1CC. The number of nitrogens with zero attached hydrogens (tertiary/aromatic N) is 1. The van der Waals surface area contributed by atoms with E-state index in [1.165, 1.54) is 6.20 Å². The summed E-state index contributed by atoms with van der Waals surface area (Å²) in [4.78, 5) is 21.2. The van der Waals surface area contributed by atoms with Gasteiger partial charge in [-0.15, -0.1) is 0 Å². The molecule has 0 atom stereocenters. The van der Waals surface area contributed by atoms with Gasteiger partial charge in [0, 0.05) is 11.8 Å². The quantitative estimate of drug-likeness (QED) is 0.770. The minimum atomic E-state index is -4.52. The van der Waals surface area contributed by atoms with Crippen molar-refractivity contribution in [3.8, 4) is 5.88 Å². The van der Waals surface area contributed by atoms with Crippen molar-refractivity contribution in [1.82, 2.24) is 4.98 Å². The van der Waals surface area contributed by atoms with Crippen molar-refractivity contribution in [1.29, 1.82) is 0 Å². The summed E-state index contributed by atoms with van der Waals surface area (Å²) in [5.41, 5.74) is 1.75. The summed E-state index contributed by atoms with van der Waals surface area (Å²) in [5.74, 6) is 0.0326. The van der Waals surface area contributed by atoms with Crippen LogP contribution in [-0.4, -0.2) is 14.8 Å². The first-order chi connectivity index (χ1) is 6.98. The Morgan fingerprint density at radius 1 is 1.40 bits per heavy atom. The molecule has 15 heavy (non-hydrogen) atoms. The molecule has 2 N–H and O–H groups in total. The molecule has 1 aromatic rings. The molecule has 0 saturated carbocycles. The number of hydrogen-bond donors (Lipinski definition) is 2. The predicted molar refractivity (Wildman–Crippen MR) is 55.7 cm³/mol. The third-order valence-corrected chi connectivity index (χ3v) is 2.46. The Bertz CT molecular complexity index is 388. The van der Waals surface area contributed by atoms with Crippen molar-refractivity contribution >= 4 is 7.82 Å². The second-order valence-electron chi connectivity index (χ2n) is 3.04. The molecule has 0 radical (unpaired) electrons. The van der Waals surface area contributed by atoms with Crippen LogP contribution in [0.2, 0.25) is 0 Å². The molecule has 0 aliphatic carbocycles. The van der Waals surface area contributed by atoms with E-state index in [1.54, 1.807) is 0 Å². The average Bonchev–Trinajstić information content (AvgIpc) is 2.15. The minimum Gasteiger partial charge on any atom is -0.385 e. The second kappa shape index (κ2) is 4.75. The molecule has 5 nitrogen and oxygen atoms in total. The molecule has 1 aromatic heterocycles. The van der Waals surface area contributed by atoms with Crippen LogP contribution in [0.15, 0.2) is 12.3 Å². The largest absolute Gasteiger partial charge is 0.526 e. The fourth-order valence-electron chi connectivity index (χ4n) is 1.41. The lowest BCUT2D eigenvalue weighted by Gasteiger charge is -2.12. The third-order valence-electron chi connectivity index (χ3n) is 2.05. The lowest BCUT2D eigenvalue weighted by molar-refractivity contribution is 0.278. The van der Waals surface area contributed by atoms with Crippen molar-refractivity contribution < 1.29 is 18.9 Å². The number of pyridine rings is 1.